The second kappa shape index (κ2) is 11.7. The Morgan fingerprint density at radius 1 is 0.793 bits per heavy atom. The zero-order chi connectivity index (χ0) is 20.5. The maximum atomic E-state index is 10.2. The van der Waals surface area contributed by atoms with Gasteiger partial charge in [-0.05, 0) is 94.3 Å². The third-order valence-electron chi connectivity index (χ3n) is 8.93. The molecule has 2 heteroatoms. The van der Waals surface area contributed by atoms with Crippen LogP contribution in [0, 0.1) is 40.4 Å². The zero-order valence-corrected chi connectivity index (χ0v) is 19.5. The third kappa shape index (κ3) is 6.22. The van der Waals surface area contributed by atoms with Gasteiger partial charge >= 0.3 is 0 Å². The lowest BCUT2D eigenvalue weighted by molar-refractivity contribution is -0.00696. The van der Waals surface area contributed by atoms with Gasteiger partial charge in [0.25, 0.3) is 0 Å². The van der Waals surface area contributed by atoms with Gasteiger partial charge in [0.05, 0.1) is 17.6 Å². The predicted molar refractivity (Wildman–Crippen MR) is 122 cm³/mol. The van der Waals surface area contributed by atoms with Crippen molar-refractivity contribution in [3.63, 3.8) is 0 Å². The van der Waals surface area contributed by atoms with E-state index in [-0.39, 0.29) is 5.41 Å². The fourth-order valence-corrected chi connectivity index (χ4v) is 6.94. The minimum Gasteiger partial charge on any atom is -0.378 e. The Bertz CT molecular complexity index is 485. The number of nitrogens with zero attached hydrogens (tertiary/aromatic N) is 1. The van der Waals surface area contributed by atoms with Gasteiger partial charge in [0.15, 0.2) is 0 Å². The summed E-state index contributed by atoms with van der Waals surface area (Å²) in [5, 5.41) is 10.2. The van der Waals surface area contributed by atoms with Crippen molar-refractivity contribution < 1.29 is 4.74 Å². The summed E-state index contributed by atoms with van der Waals surface area (Å²) in [6, 6.07) is 2.86. The van der Waals surface area contributed by atoms with E-state index >= 15 is 0 Å². The van der Waals surface area contributed by atoms with Crippen LogP contribution in [0.1, 0.15) is 123 Å². The largest absolute Gasteiger partial charge is 0.378 e. The van der Waals surface area contributed by atoms with E-state index in [1.807, 2.05) is 0 Å². The van der Waals surface area contributed by atoms with Crippen LogP contribution >= 0.6 is 0 Å². The van der Waals surface area contributed by atoms with Gasteiger partial charge in [-0.25, -0.2) is 0 Å². The highest BCUT2D eigenvalue weighted by Gasteiger charge is 2.44. The Balaban J connectivity index is 1.41. The Hall–Kier alpha value is -0.550. The van der Waals surface area contributed by atoms with Crippen molar-refractivity contribution in [3.8, 4) is 6.07 Å². The normalized spacial score (nSPS) is 38.4. The summed E-state index contributed by atoms with van der Waals surface area (Å²) in [5.41, 5.74) is -0.0103. The van der Waals surface area contributed by atoms with Crippen molar-refractivity contribution in [2.75, 3.05) is 6.61 Å². The van der Waals surface area contributed by atoms with Crippen LogP contribution in [0.25, 0.3) is 0 Å². The minimum atomic E-state index is -0.0103. The van der Waals surface area contributed by atoms with Crippen molar-refractivity contribution in [2.45, 2.75) is 129 Å². The molecule has 29 heavy (non-hydrogen) atoms. The monoisotopic (exact) mass is 401 g/mol. The van der Waals surface area contributed by atoms with Crippen LogP contribution in [-0.4, -0.2) is 12.7 Å². The van der Waals surface area contributed by atoms with E-state index in [0.29, 0.717) is 12.0 Å². The average Bonchev–Trinajstić information content (AvgIpc) is 2.79. The molecule has 0 unspecified atom stereocenters. The molecule has 0 amide bonds. The van der Waals surface area contributed by atoms with Gasteiger partial charge in [0, 0.05) is 6.61 Å². The van der Waals surface area contributed by atoms with E-state index < -0.39 is 0 Å². The highest BCUT2D eigenvalue weighted by molar-refractivity contribution is 5.06. The van der Waals surface area contributed by atoms with Crippen LogP contribution in [0.3, 0.4) is 0 Å². The van der Waals surface area contributed by atoms with Crippen molar-refractivity contribution in [1.82, 2.24) is 0 Å². The number of unbranched alkanes of at least 4 members (excludes halogenated alkanes) is 2. The first-order chi connectivity index (χ1) is 14.2. The molecule has 0 aliphatic heterocycles. The molecule has 0 N–H and O–H groups in total. The number of rotatable bonds is 9. The summed E-state index contributed by atoms with van der Waals surface area (Å²) in [7, 11) is 0. The van der Waals surface area contributed by atoms with Crippen LogP contribution in [0.15, 0.2) is 0 Å². The van der Waals surface area contributed by atoms with Crippen molar-refractivity contribution in [3.05, 3.63) is 0 Å². The van der Waals surface area contributed by atoms with Crippen molar-refractivity contribution in [2.24, 2.45) is 29.1 Å². The molecule has 0 saturated heterocycles. The SMILES string of the molecule is CCCCCC1CCC([C@H]2CC[C@](C#N)(C3CCC(OCCC)CC3)CC2)CC1. The molecule has 0 spiro atoms. The van der Waals surface area contributed by atoms with Gasteiger partial charge in [-0.15, -0.1) is 0 Å². The van der Waals surface area contributed by atoms with Gasteiger partial charge in [0.1, 0.15) is 0 Å². The van der Waals surface area contributed by atoms with Crippen LogP contribution < -0.4 is 0 Å². The first-order valence-corrected chi connectivity index (χ1v) is 13.2. The van der Waals surface area contributed by atoms with Crippen LogP contribution in [0.2, 0.25) is 0 Å². The minimum absolute atomic E-state index is 0.0103. The molecule has 0 aromatic rings. The lowest BCUT2D eigenvalue weighted by Crippen LogP contribution is -2.38. The van der Waals surface area contributed by atoms with Gasteiger partial charge in [-0.2, -0.15) is 5.26 Å². The molecular formula is C27H47NO. The lowest BCUT2D eigenvalue weighted by atomic mass is 9.58. The van der Waals surface area contributed by atoms with Crippen LogP contribution in [0.4, 0.5) is 0 Å². The molecule has 3 aliphatic rings. The number of ether oxygens (including phenoxy) is 1. The van der Waals surface area contributed by atoms with Gasteiger partial charge < -0.3 is 4.74 Å². The quantitative estimate of drug-likeness (QED) is 0.366. The maximum absolute atomic E-state index is 10.2. The van der Waals surface area contributed by atoms with E-state index in [4.69, 9.17) is 4.74 Å². The number of nitriles is 1. The summed E-state index contributed by atoms with van der Waals surface area (Å²) >= 11 is 0. The molecule has 3 rings (SSSR count). The van der Waals surface area contributed by atoms with E-state index in [9.17, 15) is 5.26 Å². The molecule has 0 atom stereocenters. The molecule has 0 radical (unpaired) electrons. The zero-order valence-electron chi connectivity index (χ0n) is 19.5. The Kier molecular flexibility index (Phi) is 9.36. The molecule has 2 nitrogen and oxygen atoms in total. The summed E-state index contributed by atoms with van der Waals surface area (Å²) in [4.78, 5) is 0. The summed E-state index contributed by atoms with van der Waals surface area (Å²) in [6.45, 7) is 5.40. The molecule has 0 aromatic heterocycles. The maximum Gasteiger partial charge on any atom is 0.0692 e. The highest BCUT2D eigenvalue weighted by atomic mass is 16.5. The topological polar surface area (TPSA) is 33.0 Å². The van der Waals surface area contributed by atoms with Gasteiger partial charge in [0.2, 0.25) is 0 Å². The van der Waals surface area contributed by atoms with Crippen LogP contribution in [0.5, 0.6) is 0 Å². The lowest BCUT2D eigenvalue weighted by Gasteiger charge is -2.45. The van der Waals surface area contributed by atoms with E-state index in [2.05, 4.69) is 19.9 Å². The molecule has 3 aliphatic carbocycles. The Labute approximate surface area is 181 Å². The molecule has 3 fully saturated rings. The first kappa shape index (κ1) is 23.1. The third-order valence-corrected chi connectivity index (χ3v) is 8.93. The smallest absolute Gasteiger partial charge is 0.0692 e. The highest BCUT2D eigenvalue weighted by Crippen LogP contribution is 2.52. The average molecular weight is 402 g/mol. The fraction of sp³-hybridized carbons (Fsp3) is 0.963. The molecule has 0 aromatic carbocycles. The van der Waals surface area contributed by atoms with Crippen molar-refractivity contribution >= 4 is 0 Å². The molecule has 0 heterocycles. The summed E-state index contributed by atoms with van der Waals surface area (Å²) in [6.07, 6.45) is 23.0. The van der Waals surface area contributed by atoms with E-state index in [1.165, 1.54) is 103 Å². The van der Waals surface area contributed by atoms with Crippen LogP contribution in [-0.2, 0) is 4.74 Å². The predicted octanol–water partition coefficient (Wildman–Crippen LogP) is 8.06. The van der Waals surface area contributed by atoms with E-state index in [1.54, 1.807) is 0 Å². The van der Waals surface area contributed by atoms with Crippen molar-refractivity contribution in [1.29, 1.82) is 5.26 Å². The van der Waals surface area contributed by atoms with Gasteiger partial charge in [-0.1, -0.05) is 52.4 Å². The second-order valence-electron chi connectivity index (χ2n) is 10.7. The standard InChI is InChI=1S/C27H47NO/c1-3-5-6-7-22-8-10-23(11-9-22)24-16-18-27(21-28,19-17-24)25-12-14-26(15-13-25)29-20-4-2/h22-26H,3-20H2,1-2H3/t22?,23?,24-,25?,26?,27-. The number of hydrogen-bond donors (Lipinski definition) is 0. The Morgan fingerprint density at radius 3 is 2.03 bits per heavy atom. The summed E-state index contributed by atoms with van der Waals surface area (Å²) < 4.78 is 5.99. The Morgan fingerprint density at radius 2 is 1.45 bits per heavy atom. The van der Waals surface area contributed by atoms with E-state index in [0.717, 1.165) is 30.8 Å². The first-order valence-electron chi connectivity index (χ1n) is 13.2. The molecule has 0 bridgehead atoms. The molecule has 3 saturated carbocycles. The molecule has 166 valence electrons. The molecular weight excluding hydrogens is 354 g/mol. The fourth-order valence-electron chi connectivity index (χ4n) is 6.94. The second-order valence-corrected chi connectivity index (χ2v) is 10.7. The van der Waals surface area contributed by atoms with Gasteiger partial charge in [-0.3, -0.25) is 0 Å². The number of hydrogen-bond acceptors (Lipinski definition) is 2. The summed E-state index contributed by atoms with van der Waals surface area (Å²) in [5.74, 6) is 3.53.